The van der Waals surface area contributed by atoms with Crippen molar-refractivity contribution in [1.29, 1.82) is 0 Å². The Morgan fingerprint density at radius 3 is 1.93 bits per heavy atom. The fourth-order valence-corrected chi connectivity index (χ4v) is 1.52. The molecule has 0 aromatic heterocycles. The molecule has 1 amide bonds. The minimum Gasteiger partial charge on any atom is -0.467 e. The molecule has 0 aliphatic carbocycles. The van der Waals surface area contributed by atoms with Crippen molar-refractivity contribution in [3.8, 4) is 0 Å². The van der Waals surface area contributed by atoms with Gasteiger partial charge in [-0.1, -0.05) is 26.0 Å². The van der Waals surface area contributed by atoms with Gasteiger partial charge in [-0.2, -0.15) is 9.59 Å². The maximum Gasteiger partial charge on any atom is 0.408 e. The van der Waals surface area contributed by atoms with E-state index in [0.717, 1.165) is 0 Å². The van der Waals surface area contributed by atoms with Gasteiger partial charge in [0, 0.05) is 6.61 Å². The maximum atomic E-state index is 11.7. The third-order valence-electron chi connectivity index (χ3n) is 2.51. The molecule has 9 heteroatoms. The van der Waals surface area contributed by atoms with Crippen LogP contribution in [0.4, 0.5) is 4.79 Å². The zero-order valence-corrected chi connectivity index (χ0v) is 16.9. The highest BCUT2D eigenvalue weighted by molar-refractivity contribution is 5.81. The van der Waals surface area contributed by atoms with Gasteiger partial charge in [-0.25, -0.2) is 9.59 Å². The molecule has 0 aromatic rings. The Morgan fingerprint density at radius 2 is 1.52 bits per heavy atom. The molecule has 0 aromatic carbocycles. The lowest BCUT2D eigenvalue weighted by atomic mass is 10.2. The number of amides is 1. The number of carbonyl (C=O) groups is 2. The molecule has 0 bridgehead atoms. The Balaban J connectivity index is 0. The maximum absolute atomic E-state index is 11.7. The summed E-state index contributed by atoms with van der Waals surface area (Å²) < 4.78 is 20.5. The van der Waals surface area contributed by atoms with Crippen LogP contribution in [0, 0.1) is 5.92 Å². The molecule has 0 unspecified atom stereocenters. The molecule has 1 atom stereocenters. The van der Waals surface area contributed by atoms with Crippen molar-refractivity contribution in [2.24, 2.45) is 5.92 Å². The average molecular weight is 389 g/mol. The van der Waals surface area contributed by atoms with Crippen LogP contribution in [-0.4, -0.2) is 63.4 Å². The lowest BCUT2D eigenvalue weighted by molar-refractivity contribution is -0.191. The standard InChI is InChI=1S/C17H31NO6.CO2/c1-13(2)11-22-9-7-8-10-23-12-14(15(19)21-6)18-16(20)24-17(3,4)5;2-1-3/h7-8,13-14H,9-12H2,1-6H3,(H,18,20);/b8-7-;/t14-;/m0./s1. The van der Waals surface area contributed by atoms with E-state index in [0.29, 0.717) is 25.7 Å². The van der Waals surface area contributed by atoms with Crippen LogP contribution in [0.15, 0.2) is 12.2 Å². The third kappa shape index (κ3) is 19.9. The topological polar surface area (TPSA) is 117 Å². The number of alkyl carbamates (subject to hydrolysis) is 1. The molecule has 0 aliphatic rings. The Morgan fingerprint density at radius 1 is 1.04 bits per heavy atom. The van der Waals surface area contributed by atoms with Crippen molar-refractivity contribution in [3.05, 3.63) is 12.2 Å². The summed E-state index contributed by atoms with van der Waals surface area (Å²) in [6, 6.07) is -0.921. The van der Waals surface area contributed by atoms with E-state index in [1.807, 2.05) is 6.08 Å². The van der Waals surface area contributed by atoms with Gasteiger partial charge in [0.2, 0.25) is 0 Å². The summed E-state index contributed by atoms with van der Waals surface area (Å²) >= 11 is 0. The van der Waals surface area contributed by atoms with Gasteiger partial charge in [0.05, 0.1) is 26.9 Å². The van der Waals surface area contributed by atoms with E-state index in [1.165, 1.54) is 7.11 Å². The first kappa shape index (κ1) is 27.0. The number of hydrogen-bond donors (Lipinski definition) is 1. The van der Waals surface area contributed by atoms with Gasteiger partial charge < -0.3 is 24.3 Å². The molecule has 0 fully saturated rings. The molecule has 156 valence electrons. The monoisotopic (exact) mass is 389 g/mol. The fraction of sp³-hybridized carbons (Fsp3) is 0.722. The second kappa shape index (κ2) is 16.0. The highest BCUT2D eigenvalue weighted by atomic mass is 16.6. The first-order chi connectivity index (χ1) is 12.6. The zero-order chi connectivity index (χ0) is 21.3. The molecule has 0 rings (SSSR count). The van der Waals surface area contributed by atoms with Crippen LogP contribution in [0.3, 0.4) is 0 Å². The Labute approximate surface area is 160 Å². The number of nitrogens with one attached hydrogen (secondary N) is 1. The molecular formula is C18H31NO8. The van der Waals surface area contributed by atoms with Crippen LogP contribution in [0.1, 0.15) is 34.6 Å². The molecule has 1 N–H and O–H groups in total. The smallest absolute Gasteiger partial charge is 0.408 e. The Hall–Kier alpha value is -2.22. The van der Waals surface area contributed by atoms with Crippen molar-refractivity contribution in [2.45, 2.75) is 46.3 Å². The van der Waals surface area contributed by atoms with Crippen molar-refractivity contribution in [2.75, 3.05) is 33.5 Å². The molecule has 0 spiro atoms. The minimum atomic E-state index is -0.921. The second-order valence-electron chi connectivity index (χ2n) is 6.75. The SMILES string of the molecule is COC(=O)[C@H](COC/C=C\COCC(C)C)NC(=O)OC(C)(C)C.O=C=O. The summed E-state index contributed by atoms with van der Waals surface area (Å²) in [6.07, 6.45) is 3.19. The van der Waals surface area contributed by atoms with Crippen LogP contribution < -0.4 is 5.32 Å². The number of carbonyl (C=O) groups excluding carboxylic acids is 4. The molecule has 0 saturated heterocycles. The normalized spacial score (nSPS) is 12.0. The third-order valence-corrected chi connectivity index (χ3v) is 2.51. The summed E-state index contributed by atoms with van der Waals surface area (Å²) in [6.45, 7) is 10.9. The number of ether oxygens (including phenoxy) is 4. The van der Waals surface area contributed by atoms with Crippen molar-refractivity contribution >= 4 is 18.2 Å². The van der Waals surface area contributed by atoms with Gasteiger partial charge in [0.1, 0.15) is 5.60 Å². The van der Waals surface area contributed by atoms with Crippen LogP contribution in [0.2, 0.25) is 0 Å². The van der Waals surface area contributed by atoms with E-state index in [2.05, 4.69) is 23.9 Å². The van der Waals surface area contributed by atoms with Gasteiger partial charge >= 0.3 is 18.2 Å². The van der Waals surface area contributed by atoms with Crippen LogP contribution in [0.25, 0.3) is 0 Å². The van der Waals surface area contributed by atoms with Gasteiger partial charge in [-0.15, -0.1) is 0 Å². The summed E-state index contributed by atoms with van der Waals surface area (Å²) in [5.41, 5.74) is -0.648. The summed E-state index contributed by atoms with van der Waals surface area (Å²) in [7, 11) is 1.25. The van der Waals surface area contributed by atoms with Crippen LogP contribution in [-0.2, 0) is 33.3 Å². The predicted molar refractivity (Wildman–Crippen MR) is 95.8 cm³/mol. The van der Waals surface area contributed by atoms with E-state index in [-0.39, 0.29) is 12.8 Å². The molecule has 0 heterocycles. The quantitative estimate of drug-likeness (QED) is 0.341. The predicted octanol–water partition coefficient (Wildman–Crippen LogP) is 1.71. The average Bonchev–Trinajstić information content (AvgIpc) is 2.54. The van der Waals surface area contributed by atoms with E-state index >= 15 is 0 Å². The first-order valence-electron chi connectivity index (χ1n) is 8.44. The lowest BCUT2D eigenvalue weighted by Gasteiger charge is -2.22. The molecule has 0 radical (unpaired) electrons. The van der Waals surface area contributed by atoms with Crippen molar-refractivity contribution < 1.29 is 38.1 Å². The number of esters is 1. The second-order valence-corrected chi connectivity index (χ2v) is 6.75. The summed E-state index contributed by atoms with van der Waals surface area (Å²) in [5.74, 6) is -0.0977. The van der Waals surface area contributed by atoms with E-state index in [9.17, 15) is 9.59 Å². The van der Waals surface area contributed by atoms with E-state index < -0.39 is 23.7 Å². The zero-order valence-electron chi connectivity index (χ0n) is 16.9. The van der Waals surface area contributed by atoms with Crippen LogP contribution >= 0.6 is 0 Å². The van der Waals surface area contributed by atoms with E-state index in [1.54, 1.807) is 26.8 Å². The largest absolute Gasteiger partial charge is 0.467 e. The Bertz CT molecular complexity index is 476. The van der Waals surface area contributed by atoms with Gasteiger partial charge in [0.15, 0.2) is 6.04 Å². The molecule has 9 nitrogen and oxygen atoms in total. The fourth-order valence-electron chi connectivity index (χ4n) is 1.52. The lowest BCUT2D eigenvalue weighted by Crippen LogP contribution is -2.46. The number of rotatable bonds is 10. The first-order valence-corrected chi connectivity index (χ1v) is 8.44. The number of hydrogen-bond acceptors (Lipinski definition) is 8. The van der Waals surface area contributed by atoms with Crippen molar-refractivity contribution in [3.63, 3.8) is 0 Å². The highest BCUT2D eigenvalue weighted by Gasteiger charge is 2.25. The van der Waals surface area contributed by atoms with E-state index in [4.69, 9.17) is 23.8 Å². The Kier molecular flexibility index (Phi) is 16.0. The van der Waals surface area contributed by atoms with Gasteiger partial charge in [-0.05, 0) is 26.7 Å². The van der Waals surface area contributed by atoms with Crippen LogP contribution in [0.5, 0.6) is 0 Å². The minimum absolute atomic E-state index is 0.0108. The summed E-state index contributed by atoms with van der Waals surface area (Å²) in [5, 5.41) is 2.44. The van der Waals surface area contributed by atoms with Gasteiger partial charge in [0.25, 0.3) is 0 Å². The highest BCUT2D eigenvalue weighted by Crippen LogP contribution is 2.07. The number of methoxy groups -OCH3 is 1. The molecule has 0 aliphatic heterocycles. The summed E-state index contributed by atoms with van der Waals surface area (Å²) in [4.78, 5) is 39.6. The molecule has 0 saturated carbocycles. The molecular weight excluding hydrogens is 358 g/mol. The van der Waals surface area contributed by atoms with Gasteiger partial charge in [-0.3, -0.25) is 0 Å². The van der Waals surface area contributed by atoms with Crippen molar-refractivity contribution in [1.82, 2.24) is 5.32 Å². The molecule has 27 heavy (non-hydrogen) atoms.